The SMILES string of the molecule is CN(C)CCCCNCc1cc(C(N)=O)cs1. The average molecular weight is 255 g/mol. The molecule has 4 nitrogen and oxygen atoms in total. The maximum atomic E-state index is 10.9. The summed E-state index contributed by atoms with van der Waals surface area (Å²) in [7, 11) is 4.18. The van der Waals surface area contributed by atoms with Gasteiger partial charge in [0.1, 0.15) is 0 Å². The van der Waals surface area contributed by atoms with Crippen molar-refractivity contribution < 1.29 is 4.79 Å². The van der Waals surface area contributed by atoms with Crippen molar-refractivity contribution in [3.8, 4) is 0 Å². The number of hydrogen-bond acceptors (Lipinski definition) is 4. The summed E-state index contributed by atoms with van der Waals surface area (Å²) in [5, 5.41) is 5.18. The lowest BCUT2D eigenvalue weighted by Crippen LogP contribution is -2.17. The first-order valence-corrected chi connectivity index (χ1v) is 6.70. The van der Waals surface area contributed by atoms with E-state index in [4.69, 9.17) is 5.73 Å². The number of nitrogens with two attached hydrogens (primary N) is 1. The number of unbranched alkanes of at least 4 members (excludes halogenated alkanes) is 1. The fraction of sp³-hybridized carbons (Fsp3) is 0.583. The fourth-order valence-corrected chi connectivity index (χ4v) is 2.34. The van der Waals surface area contributed by atoms with E-state index in [0.717, 1.165) is 24.5 Å². The van der Waals surface area contributed by atoms with E-state index in [1.54, 1.807) is 11.3 Å². The standard InChI is InChI=1S/C12H21N3OS/c1-15(2)6-4-3-5-14-8-11-7-10(9-17-11)12(13)16/h7,9,14H,3-6,8H2,1-2H3,(H2,13,16). The molecule has 1 rings (SSSR count). The molecule has 0 radical (unpaired) electrons. The van der Waals surface area contributed by atoms with Gasteiger partial charge in [0, 0.05) is 16.8 Å². The molecule has 1 amide bonds. The molecule has 0 aromatic carbocycles. The number of carbonyl (C=O) groups excluding carboxylic acids is 1. The van der Waals surface area contributed by atoms with Crippen LogP contribution in [0.1, 0.15) is 28.1 Å². The van der Waals surface area contributed by atoms with E-state index < -0.39 is 0 Å². The number of thiophene rings is 1. The number of nitrogens with one attached hydrogen (secondary N) is 1. The average Bonchev–Trinajstić information content (AvgIpc) is 2.71. The molecule has 1 aromatic rings. The molecule has 0 bridgehead atoms. The monoisotopic (exact) mass is 255 g/mol. The second kappa shape index (κ2) is 7.42. The number of primary amides is 1. The molecule has 0 unspecified atom stereocenters. The largest absolute Gasteiger partial charge is 0.366 e. The fourth-order valence-electron chi connectivity index (χ4n) is 1.49. The van der Waals surface area contributed by atoms with E-state index in [9.17, 15) is 4.79 Å². The zero-order chi connectivity index (χ0) is 12.7. The van der Waals surface area contributed by atoms with Crippen LogP contribution in [0, 0.1) is 0 Å². The number of carbonyl (C=O) groups is 1. The molecule has 0 spiro atoms. The number of rotatable bonds is 8. The summed E-state index contributed by atoms with van der Waals surface area (Å²) in [6, 6.07) is 1.86. The van der Waals surface area contributed by atoms with Crippen molar-refractivity contribution >= 4 is 17.2 Å². The Kier molecular flexibility index (Phi) is 6.18. The Hall–Kier alpha value is -0.910. The van der Waals surface area contributed by atoms with Crippen LogP contribution in [0.15, 0.2) is 11.4 Å². The minimum atomic E-state index is -0.349. The highest BCUT2D eigenvalue weighted by molar-refractivity contribution is 7.10. The lowest BCUT2D eigenvalue weighted by atomic mass is 10.3. The van der Waals surface area contributed by atoms with Gasteiger partial charge in [-0.2, -0.15) is 0 Å². The summed E-state index contributed by atoms with van der Waals surface area (Å²) in [6.07, 6.45) is 2.38. The van der Waals surface area contributed by atoms with Crippen molar-refractivity contribution in [3.05, 3.63) is 21.9 Å². The summed E-state index contributed by atoms with van der Waals surface area (Å²) in [5.41, 5.74) is 5.80. The Balaban J connectivity index is 2.11. The molecule has 0 saturated carbocycles. The van der Waals surface area contributed by atoms with Crippen LogP contribution in [-0.4, -0.2) is 38.0 Å². The first kappa shape index (κ1) is 14.2. The number of hydrogen-bond donors (Lipinski definition) is 2. The van der Waals surface area contributed by atoms with Crippen LogP contribution in [0.3, 0.4) is 0 Å². The van der Waals surface area contributed by atoms with E-state index in [-0.39, 0.29) is 5.91 Å². The van der Waals surface area contributed by atoms with Crippen molar-refractivity contribution in [2.45, 2.75) is 19.4 Å². The highest BCUT2D eigenvalue weighted by Gasteiger charge is 2.03. The Morgan fingerprint density at radius 3 is 2.82 bits per heavy atom. The minimum absolute atomic E-state index is 0.349. The predicted molar refractivity (Wildman–Crippen MR) is 72.3 cm³/mol. The van der Waals surface area contributed by atoms with E-state index in [0.29, 0.717) is 5.56 Å². The first-order valence-electron chi connectivity index (χ1n) is 5.82. The van der Waals surface area contributed by atoms with Crippen LogP contribution >= 0.6 is 11.3 Å². The maximum Gasteiger partial charge on any atom is 0.249 e. The Morgan fingerprint density at radius 2 is 2.24 bits per heavy atom. The maximum absolute atomic E-state index is 10.9. The van der Waals surface area contributed by atoms with Crippen LogP contribution in [0.5, 0.6) is 0 Å². The van der Waals surface area contributed by atoms with Gasteiger partial charge in [0.15, 0.2) is 0 Å². The van der Waals surface area contributed by atoms with Crippen LogP contribution in [-0.2, 0) is 6.54 Å². The smallest absolute Gasteiger partial charge is 0.249 e. The van der Waals surface area contributed by atoms with Crippen LogP contribution in [0.25, 0.3) is 0 Å². The zero-order valence-corrected chi connectivity index (χ0v) is 11.3. The molecule has 0 saturated heterocycles. The predicted octanol–water partition coefficient (Wildman–Crippen LogP) is 1.28. The van der Waals surface area contributed by atoms with Crippen LogP contribution in [0.4, 0.5) is 0 Å². The normalized spacial score (nSPS) is 11.0. The third kappa shape index (κ3) is 5.81. The highest BCUT2D eigenvalue weighted by atomic mass is 32.1. The summed E-state index contributed by atoms with van der Waals surface area (Å²) in [6.45, 7) is 2.96. The third-order valence-corrected chi connectivity index (χ3v) is 3.38. The van der Waals surface area contributed by atoms with Gasteiger partial charge >= 0.3 is 0 Å². The molecule has 17 heavy (non-hydrogen) atoms. The molecule has 0 aliphatic rings. The molecular formula is C12H21N3OS. The van der Waals surface area contributed by atoms with Gasteiger partial charge in [0.25, 0.3) is 0 Å². The third-order valence-electron chi connectivity index (χ3n) is 2.45. The molecule has 0 atom stereocenters. The Morgan fingerprint density at radius 1 is 1.47 bits per heavy atom. The number of amides is 1. The second-order valence-corrected chi connectivity index (χ2v) is 5.35. The van der Waals surface area contributed by atoms with Crippen molar-refractivity contribution in [1.82, 2.24) is 10.2 Å². The van der Waals surface area contributed by atoms with Gasteiger partial charge in [0.2, 0.25) is 5.91 Å². The van der Waals surface area contributed by atoms with Gasteiger partial charge in [-0.25, -0.2) is 0 Å². The molecule has 0 aliphatic carbocycles. The minimum Gasteiger partial charge on any atom is -0.366 e. The second-order valence-electron chi connectivity index (χ2n) is 4.35. The molecule has 96 valence electrons. The summed E-state index contributed by atoms with van der Waals surface area (Å²) < 4.78 is 0. The van der Waals surface area contributed by atoms with Crippen LogP contribution < -0.4 is 11.1 Å². The lowest BCUT2D eigenvalue weighted by Gasteiger charge is -2.08. The van der Waals surface area contributed by atoms with Gasteiger partial charge < -0.3 is 16.0 Å². The lowest BCUT2D eigenvalue weighted by molar-refractivity contribution is 0.100. The van der Waals surface area contributed by atoms with Gasteiger partial charge in [-0.3, -0.25) is 4.79 Å². The van der Waals surface area contributed by atoms with Gasteiger partial charge in [0.05, 0.1) is 5.56 Å². The summed E-state index contributed by atoms with van der Waals surface area (Å²) in [4.78, 5) is 14.2. The topological polar surface area (TPSA) is 58.4 Å². The number of nitrogens with zero attached hydrogens (tertiary/aromatic N) is 1. The van der Waals surface area contributed by atoms with Crippen molar-refractivity contribution in [2.75, 3.05) is 27.2 Å². The molecule has 1 heterocycles. The zero-order valence-electron chi connectivity index (χ0n) is 10.5. The molecule has 1 aromatic heterocycles. The highest BCUT2D eigenvalue weighted by Crippen LogP contribution is 2.13. The van der Waals surface area contributed by atoms with E-state index in [2.05, 4.69) is 24.3 Å². The van der Waals surface area contributed by atoms with Gasteiger partial charge in [-0.15, -0.1) is 11.3 Å². The molecule has 0 aliphatic heterocycles. The molecule has 5 heteroatoms. The van der Waals surface area contributed by atoms with Crippen LogP contribution in [0.2, 0.25) is 0 Å². The summed E-state index contributed by atoms with van der Waals surface area (Å²) in [5.74, 6) is -0.349. The van der Waals surface area contributed by atoms with Crippen molar-refractivity contribution in [3.63, 3.8) is 0 Å². The van der Waals surface area contributed by atoms with E-state index in [1.807, 2.05) is 11.4 Å². The van der Waals surface area contributed by atoms with E-state index >= 15 is 0 Å². The molecular weight excluding hydrogens is 234 g/mol. The van der Waals surface area contributed by atoms with E-state index in [1.165, 1.54) is 12.8 Å². The Labute approximate surface area is 107 Å². The summed E-state index contributed by atoms with van der Waals surface area (Å²) >= 11 is 1.57. The molecule has 0 fully saturated rings. The van der Waals surface area contributed by atoms with Crippen molar-refractivity contribution in [1.29, 1.82) is 0 Å². The van der Waals surface area contributed by atoms with Gasteiger partial charge in [-0.05, 0) is 46.1 Å². The van der Waals surface area contributed by atoms with Gasteiger partial charge in [-0.1, -0.05) is 0 Å². The molecule has 3 N–H and O–H groups in total. The Bertz CT molecular complexity index is 349. The first-order chi connectivity index (χ1) is 8.09. The van der Waals surface area contributed by atoms with Crippen molar-refractivity contribution in [2.24, 2.45) is 5.73 Å². The quantitative estimate of drug-likeness (QED) is 0.688.